The minimum Gasteiger partial charge on any atom is -0.490 e. The summed E-state index contributed by atoms with van der Waals surface area (Å²) in [4.78, 5) is 27.6. The number of ether oxygens (including phenoxy) is 2. The van der Waals surface area contributed by atoms with Crippen molar-refractivity contribution in [2.24, 2.45) is 5.41 Å². The number of rotatable bonds is 5. The molecule has 0 spiro atoms. The number of nitrogens with zero attached hydrogens (tertiary/aromatic N) is 1. The summed E-state index contributed by atoms with van der Waals surface area (Å²) in [5.41, 5.74) is 0.534. The molecule has 124 valence electrons. The summed E-state index contributed by atoms with van der Waals surface area (Å²) in [6.07, 6.45) is 0. The van der Waals surface area contributed by atoms with E-state index in [1.54, 1.807) is 12.1 Å². The van der Waals surface area contributed by atoms with Crippen molar-refractivity contribution in [3.8, 4) is 5.75 Å². The highest BCUT2D eigenvalue weighted by Gasteiger charge is 2.26. The number of Topliss-reactive ketones (excluding diaryl/α,β-unsaturated/α-hetero) is 1. The average Bonchev–Trinajstić information content (AvgIpc) is 2.80. The second-order valence-electron chi connectivity index (χ2n) is 6.05. The van der Waals surface area contributed by atoms with Crippen molar-refractivity contribution in [1.29, 1.82) is 0 Å². The van der Waals surface area contributed by atoms with Crippen molar-refractivity contribution < 1.29 is 19.1 Å². The van der Waals surface area contributed by atoms with Gasteiger partial charge in [-0.15, -0.1) is 11.3 Å². The Labute approximate surface area is 143 Å². The van der Waals surface area contributed by atoms with Crippen LogP contribution in [0.4, 0.5) is 0 Å². The molecule has 0 aliphatic rings. The first-order valence-corrected chi connectivity index (χ1v) is 8.29. The number of esters is 1. The van der Waals surface area contributed by atoms with Crippen LogP contribution in [0.3, 0.4) is 0 Å². The first-order chi connectivity index (χ1) is 10.7. The molecule has 0 atom stereocenters. The lowest BCUT2D eigenvalue weighted by molar-refractivity contribution is -0.141. The van der Waals surface area contributed by atoms with E-state index in [9.17, 15) is 9.59 Å². The maximum Gasteiger partial charge on any atom is 0.302 e. The highest BCUT2D eigenvalue weighted by molar-refractivity contribution is 7.22. The number of hydrogen-bond acceptors (Lipinski definition) is 6. The molecule has 0 unspecified atom stereocenters. The van der Waals surface area contributed by atoms with E-state index in [1.165, 1.54) is 18.3 Å². The van der Waals surface area contributed by atoms with Crippen molar-refractivity contribution in [1.82, 2.24) is 4.98 Å². The van der Waals surface area contributed by atoms with Crippen molar-refractivity contribution in [2.45, 2.75) is 27.7 Å². The standard InChI is InChI=1S/C16H18ClNO4S/c1-9(19)21-5-6-22-10-7-11(14(20)16(2,3)4)13-12(8-10)23-15(17)18-13/h7-8H,5-6H2,1-4H3. The fraction of sp³-hybridized carbons (Fsp3) is 0.438. The largest absolute Gasteiger partial charge is 0.490 e. The van der Waals surface area contributed by atoms with Gasteiger partial charge in [0, 0.05) is 17.9 Å². The van der Waals surface area contributed by atoms with Gasteiger partial charge in [-0.05, 0) is 12.1 Å². The van der Waals surface area contributed by atoms with Crippen LogP contribution >= 0.6 is 22.9 Å². The zero-order valence-corrected chi connectivity index (χ0v) is 15.0. The summed E-state index contributed by atoms with van der Waals surface area (Å²) in [7, 11) is 0. The lowest BCUT2D eigenvalue weighted by Crippen LogP contribution is -2.20. The molecule has 1 heterocycles. The van der Waals surface area contributed by atoms with E-state index in [4.69, 9.17) is 21.1 Å². The lowest BCUT2D eigenvalue weighted by Gasteiger charge is -2.17. The Bertz CT molecular complexity index is 748. The predicted octanol–water partition coefficient (Wildman–Crippen LogP) is 4.12. The third-order valence-electron chi connectivity index (χ3n) is 3.03. The van der Waals surface area contributed by atoms with Gasteiger partial charge >= 0.3 is 5.97 Å². The molecule has 5 nitrogen and oxygen atoms in total. The summed E-state index contributed by atoms with van der Waals surface area (Å²) in [5, 5.41) is 0. The molecule has 2 aromatic rings. The van der Waals surface area contributed by atoms with Gasteiger partial charge in [0.25, 0.3) is 0 Å². The molecule has 23 heavy (non-hydrogen) atoms. The number of carbonyl (C=O) groups is 2. The van der Waals surface area contributed by atoms with E-state index in [-0.39, 0.29) is 25.0 Å². The van der Waals surface area contributed by atoms with Crippen molar-refractivity contribution >= 4 is 44.9 Å². The minimum atomic E-state index is -0.542. The van der Waals surface area contributed by atoms with Crippen LogP contribution in [0.15, 0.2) is 12.1 Å². The van der Waals surface area contributed by atoms with Crippen LogP contribution in [0.2, 0.25) is 4.47 Å². The van der Waals surface area contributed by atoms with E-state index in [2.05, 4.69) is 4.98 Å². The molecule has 0 bridgehead atoms. The van der Waals surface area contributed by atoms with Crippen LogP contribution in [0.25, 0.3) is 10.2 Å². The summed E-state index contributed by atoms with van der Waals surface area (Å²) in [5.74, 6) is 0.134. The number of fused-ring (bicyclic) bond motifs is 1. The first-order valence-electron chi connectivity index (χ1n) is 7.09. The molecule has 2 rings (SSSR count). The number of hydrogen-bond donors (Lipinski definition) is 0. The maximum absolute atomic E-state index is 12.7. The number of halogens is 1. The van der Waals surface area contributed by atoms with Gasteiger partial charge in [0.1, 0.15) is 19.0 Å². The Kier molecular flexibility index (Phi) is 5.26. The molecule has 0 fully saturated rings. The summed E-state index contributed by atoms with van der Waals surface area (Å²) in [6.45, 7) is 7.25. The van der Waals surface area contributed by atoms with Crippen molar-refractivity contribution in [2.75, 3.05) is 13.2 Å². The zero-order chi connectivity index (χ0) is 17.2. The Morgan fingerprint density at radius 1 is 1.26 bits per heavy atom. The molecular formula is C16H18ClNO4S. The van der Waals surface area contributed by atoms with Gasteiger partial charge in [-0.1, -0.05) is 32.4 Å². The van der Waals surface area contributed by atoms with E-state index in [0.29, 0.717) is 21.3 Å². The topological polar surface area (TPSA) is 65.5 Å². The summed E-state index contributed by atoms with van der Waals surface area (Å²) >= 11 is 7.28. The summed E-state index contributed by atoms with van der Waals surface area (Å²) < 4.78 is 11.6. The molecule has 0 aliphatic heterocycles. The van der Waals surface area contributed by atoms with E-state index in [1.807, 2.05) is 20.8 Å². The number of thiazole rings is 1. The molecule has 0 saturated carbocycles. The van der Waals surface area contributed by atoms with E-state index < -0.39 is 5.41 Å². The SMILES string of the molecule is CC(=O)OCCOc1cc(C(=O)C(C)(C)C)c2nc(Cl)sc2c1. The van der Waals surface area contributed by atoms with Crippen LogP contribution in [0.1, 0.15) is 38.1 Å². The second-order valence-corrected chi connectivity index (χ2v) is 7.66. The Balaban J connectivity index is 2.32. The highest BCUT2D eigenvalue weighted by atomic mass is 35.5. The summed E-state index contributed by atoms with van der Waals surface area (Å²) in [6, 6.07) is 3.45. The van der Waals surface area contributed by atoms with Crippen LogP contribution in [0, 0.1) is 5.41 Å². The van der Waals surface area contributed by atoms with Gasteiger partial charge < -0.3 is 9.47 Å². The predicted molar refractivity (Wildman–Crippen MR) is 90.5 cm³/mol. The quantitative estimate of drug-likeness (QED) is 0.458. The van der Waals surface area contributed by atoms with Crippen LogP contribution in [-0.4, -0.2) is 30.0 Å². The normalized spacial score (nSPS) is 11.5. The molecular weight excluding hydrogens is 338 g/mol. The van der Waals surface area contributed by atoms with Crippen molar-refractivity contribution in [3.05, 3.63) is 22.2 Å². The monoisotopic (exact) mass is 355 g/mol. The molecule has 1 aromatic heterocycles. The molecule has 1 aromatic carbocycles. The van der Waals surface area contributed by atoms with Crippen LogP contribution < -0.4 is 4.74 Å². The van der Waals surface area contributed by atoms with Gasteiger partial charge in [0.2, 0.25) is 0 Å². The second kappa shape index (κ2) is 6.84. The van der Waals surface area contributed by atoms with E-state index >= 15 is 0 Å². The Hall–Kier alpha value is -1.66. The molecule has 0 aliphatic carbocycles. The zero-order valence-electron chi connectivity index (χ0n) is 13.4. The molecule has 0 N–H and O–H groups in total. The Morgan fingerprint density at radius 2 is 1.96 bits per heavy atom. The van der Waals surface area contributed by atoms with Crippen LogP contribution in [-0.2, 0) is 9.53 Å². The van der Waals surface area contributed by atoms with Gasteiger partial charge in [-0.25, -0.2) is 4.98 Å². The van der Waals surface area contributed by atoms with Crippen LogP contribution in [0.5, 0.6) is 5.75 Å². The fourth-order valence-corrected chi connectivity index (χ4v) is 3.06. The third kappa shape index (κ3) is 4.42. The minimum absolute atomic E-state index is 0.0325. The van der Waals surface area contributed by atoms with Gasteiger partial charge in [0.05, 0.1) is 10.2 Å². The molecule has 7 heteroatoms. The number of carbonyl (C=O) groups excluding carboxylic acids is 2. The third-order valence-corrected chi connectivity index (χ3v) is 4.13. The molecule has 0 saturated heterocycles. The Morgan fingerprint density at radius 3 is 2.57 bits per heavy atom. The average molecular weight is 356 g/mol. The van der Waals surface area contributed by atoms with Gasteiger partial charge in [0.15, 0.2) is 10.3 Å². The first kappa shape index (κ1) is 17.7. The smallest absolute Gasteiger partial charge is 0.302 e. The molecule has 0 amide bonds. The maximum atomic E-state index is 12.7. The number of ketones is 1. The van der Waals surface area contributed by atoms with Gasteiger partial charge in [-0.2, -0.15) is 0 Å². The fourth-order valence-electron chi connectivity index (χ4n) is 1.98. The van der Waals surface area contributed by atoms with E-state index in [0.717, 1.165) is 4.70 Å². The van der Waals surface area contributed by atoms with Gasteiger partial charge in [-0.3, -0.25) is 9.59 Å². The number of aromatic nitrogens is 1. The molecule has 0 radical (unpaired) electrons. The highest BCUT2D eigenvalue weighted by Crippen LogP contribution is 2.35. The number of benzene rings is 1. The lowest BCUT2D eigenvalue weighted by atomic mass is 9.86. The van der Waals surface area contributed by atoms with Crippen molar-refractivity contribution in [3.63, 3.8) is 0 Å².